The third kappa shape index (κ3) is 4.49. The summed E-state index contributed by atoms with van der Waals surface area (Å²) in [5, 5.41) is 3.49. The van der Waals surface area contributed by atoms with E-state index in [1.807, 2.05) is 6.07 Å². The normalized spacial score (nSPS) is 16.5. The standard InChI is InChI=1S/C15H24N2O2/c1-13-3-4-15(18-2)14(11-13)12-16-5-6-17-7-9-19-10-8-17/h3-4,11,16H,5-10,12H2,1-2H3. The van der Waals surface area contributed by atoms with Crippen molar-refractivity contribution >= 4 is 0 Å². The third-order valence-corrected chi connectivity index (χ3v) is 3.46. The lowest BCUT2D eigenvalue weighted by molar-refractivity contribution is 0.0384. The number of morpholine rings is 1. The Bertz CT molecular complexity index is 390. The summed E-state index contributed by atoms with van der Waals surface area (Å²) >= 11 is 0. The van der Waals surface area contributed by atoms with Gasteiger partial charge in [0.2, 0.25) is 0 Å². The largest absolute Gasteiger partial charge is 0.496 e. The molecule has 1 aliphatic rings. The zero-order valence-electron chi connectivity index (χ0n) is 11.9. The van der Waals surface area contributed by atoms with Gasteiger partial charge in [-0.05, 0) is 13.0 Å². The number of rotatable bonds is 6. The molecule has 1 heterocycles. The van der Waals surface area contributed by atoms with Gasteiger partial charge in [-0.3, -0.25) is 4.90 Å². The van der Waals surface area contributed by atoms with E-state index in [1.165, 1.54) is 11.1 Å². The van der Waals surface area contributed by atoms with Crippen molar-refractivity contribution in [2.24, 2.45) is 0 Å². The SMILES string of the molecule is COc1ccc(C)cc1CNCCN1CCOCC1. The van der Waals surface area contributed by atoms with E-state index in [0.29, 0.717) is 0 Å². The lowest BCUT2D eigenvalue weighted by atomic mass is 10.1. The Morgan fingerprint density at radius 2 is 2.11 bits per heavy atom. The topological polar surface area (TPSA) is 33.7 Å². The maximum absolute atomic E-state index is 5.38. The summed E-state index contributed by atoms with van der Waals surface area (Å²) < 4.78 is 10.7. The molecule has 106 valence electrons. The molecule has 1 aromatic rings. The predicted molar refractivity (Wildman–Crippen MR) is 76.7 cm³/mol. The molecule has 1 N–H and O–H groups in total. The molecule has 0 atom stereocenters. The van der Waals surface area contributed by atoms with Crippen LogP contribution in [0.4, 0.5) is 0 Å². The van der Waals surface area contributed by atoms with Crippen LogP contribution in [0.15, 0.2) is 18.2 Å². The van der Waals surface area contributed by atoms with Crippen LogP contribution < -0.4 is 10.1 Å². The number of benzene rings is 1. The minimum atomic E-state index is 0.856. The van der Waals surface area contributed by atoms with Crippen molar-refractivity contribution in [3.8, 4) is 5.75 Å². The number of methoxy groups -OCH3 is 1. The van der Waals surface area contributed by atoms with Gasteiger partial charge in [0.25, 0.3) is 0 Å². The molecule has 4 heteroatoms. The van der Waals surface area contributed by atoms with Crippen LogP contribution in [0.3, 0.4) is 0 Å². The third-order valence-electron chi connectivity index (χ3n) is 3.46. The van der Waals surface area contributed by atoms with Gasteiger partial charge < -0.3 is 14.8 Å². The van der Waals surface area contributed by atoms with Gasteiger partial charge in [0.1, 0.15) is 5.75 Å². The van der Waals surface area contributed by atoms with Gasteiger partial charge in [0.05, 0.1) is 20.3 Å². The van der Waals surface area contributed by atoms with E-state index in [-0.39, 0.29) is 0 Å². The predicted octanol–water partition coefficient (Wildman–Crippen LogP) is 1.43. The van der Waals surface area contributed by atoms with E-state index in [0.717, 1.165) is 51.7 Å². The van der Waals surface area contributed by atoms with Gasteiger partial charge in [0, 0.05) is 38.3 Å². The fourth-order valence-corrected chi connectivity index (χ4v) is 2.33. The second kappa shape index (κ2) is 7.48. The molecule has 0 saturated carbocycles. The molecule has 1 aliphatic heterocycles. The maximum Gasteiger partial charge on any atom is 0.123 e. The molecule has 0 radical (unpaired) electrons. The first kappa shape index (κ1) is 14.3. The fraction of sp³-hybridized carbons (Fsp3) is 0.600. The molecule has 0 amide bonds. The molecule has 0 unspecified atom stereocenters. The lowest BCUT2D eigenvalue weighted by Crippen LogP contribution is -2.40. The Kier molecular flexibility index (Phi) is 5.63. The molecule has 0 aliphatic carbocycles. The highest BCUT2D eigenvalue weighted by Gasteiger charge is 2.09. The van der Waals surface area contributed by atoms with Crippen molar-refractivity contribution in [3.05, 3.63) is 29.3 Å². The number of nitrogens with one attached hydrogen (secondary N) is 1. The van der Waals surface area contributed by atoms with Crippen LogP contribution in [-0.2, 0) is 11.3 Å². The van der Waals surface area contributed by atoms with Gasteiger partial charge in [-0.25, -0.2) is 0 Å². The average molecular weight is 264 g/mol. The van der Waals surface area contributed by atoms with Crippen LogP contribution in [0.2, 0.25) is 0 Å². The molecule has 19 heavy (non-hydrogen) atoms. The molecule has 4 nitrogen and oxygen atoms in total. The van der Waals surface area contributed by atoms with Crippen molar-refractivity contribution in [2.45, 2.75) is 13.5 Å². The van der Waals surface area contributed by atoms with E-state index in [9.17, 15) is 0 Å². The smallest absolute Gasteiger partial charge is 0.123 e. The summed E-state index contributed by atoms with van der Waals surface area (Å²) in [5.74, 6) is 0.962. The first-order valence-corrected chi connectivity index (χ1v) is 6.94. The minimum Gasteiger partial charge on any atom is -0.496 e. The first-order valence-electron chi connectivity index (χ1n) is 6.94. The summed E-state index contributed by atoms with van der Waals surface area (Å²) in [6, 6.07) is 6.30. The Balaban J connectivity index is 1.74. The quantitative estimate of drug-likeness (QED) is 0.788. The van der Waals surface area contributed by atoms with Gasteiger partial charge in [0.15, 0.2) is 0 Å². The van der Waals surface area contributed by atoms with Crippen LogP contribution in [0.5, 0.6) is 5.75 Å². The number of hydrogen-bond donors (Lipinski definition) is 1. The Hall–Kier alpha value is -1.10. The summed E-state index contributed by atoms with van der Waals surface area (Å²) in [6.45, 7) is 8.88. The fourth-order valence-electron chi connectivity index (χ4n) is 2.33. The van der Waals surface area contributed by atoms with E-state index in [2.05, 4.69) is 29.3 Å². The molecule has 0 aromatic heterocycles. The maximum atomic E-state index is 5.38. The monoisotopic (exact) mass is 264 g/mol. The summed E-state index contributed by atoms with van der Waals surface area (Å²) in [6.07, 6.45) is 0. The number of nitrogens with zero attached hydrogens (tertiary/aromatic N) is 1. The van der Waals surface area contributed by atoms with Gasteiger partial charge in [-0.15, -0.1) is 0 Å². The van der Waals surface area contributed by atoms with E-state index < -0.39 is 0 Å². The molecule has 2 rings (SSSR count). The lowest BCUT2D eigenvalue weighted by Gasteiger charge is -2.26. The van der Waals surface area contributed by atoms with Gasteiger partial charge >= 0.3 is 0 Å². The van der Waals surface area contributed by atoms with E-state index >= 15 is 0 Å². The van der Waals surface area contributed by atoms with Crippen LogP contribution in [0, 0.1) is 6.92 Å². The van der Waals surface area contributed by atoms with Crippen molar-refractivity contribution in [1.82, 2.24) is 10.2 Å². The summed E-state index contributed by atoms with van der Waals surface area (Å²) in [5.41, 5.74) is 2.50. The molecular weight excluding hydrogens is 240 g/mol. The van der Waals surface area contributed by atoms with Crippen LogP contribution in [-0.4, -0.2) is 51.4 Å². The van der Waals surface area contributed by atoms with E-state index in [4.69, 9.17) is 9.47 Å². The number of aryl methyl sites for hydroxylation is 1. The van der Waals surface area contributed by atoms with Crippen LogP contribution >= 0.6 is 0 Å². The van der Waals surface area contributed by atoms with Crippen molar-refractivity contribution in [2.75, 3.05) is 46.5 Å². The highest BCUT2D eigenvalue weighted by atomic mass is 16.5. The summed E-state index contributed by atoms with van der Waals surface area (Å²) in [4.78, 5) is 2.43. The van der Waals surface area contributed by atoms with E-state index in [1.54, 1.807) is 7.11 Å². The van der Waals surface area contributed by atoms with Crippen molar-refractivity contribution < 1.29 is 9.47 Å². The summed E-state index contributed by atoms with van der Waals surface area (Å²) in [7, 11) is 1.72. The molecule has 1 saturated heterocycles. The first-order chi connectivity index (χ1) is 9.29. The molecule has 1 fully saturated rings. The number of hydrogen-bond acceptors (Lipinski definition) is 4. The van der Waals surface area contributed by atoms with Crippen LogP contribution in [0.25, 0.3) is 0 Å². The number of ether oxygens (including phenoxy) is 2. The highest BCUT2D eigenvalue weighted by Crippen LogP contribution is 2.19. The van der Waals surface area contributed by atoms with Crippen LogP contribution in [0.1, 0.15) is 11.1 Å². The van der Waals surface area contributed by atoms with Gasteiger partial charge in [-0.1, -0.05) is 17.7 Å². The molecule has 1 aromatic carbocycles. The second-order valence-electron chi connectivity index (χ2n) is 4.95. The zero-order chi connectivity index (χ0) is 13.5. The van der Waals surface area contributed by atoms with Gasteiger partial charge in [-0.2, -0.15) is 0 Å². The average Bonchev–Trinajstić information content (AvgIpc) is 2.45. The molecule has 0 spiro atoms. The minimum absolute atomic E-state index is 0.856. The van der Waals surface area contributed by atoms with Crippen molar-refractivity contribution in [3.63, 3.8) is 0 Å². The zero-order valence-corrected chi connectivity index (χ0v) is 11.9. The molecule has 0 bridgehead atoms. The Morgan fingerprint density at radius 3 is 2.84 bits per heavy atom. The Labute approximate surface area is 115 Å². The molecular formula is C15H24N2O2. The Morgan fingerprint density at radius 1 is 1.32 bits per heavy atom. The van der Waals surface area contributed by atoms with Crippen molar-refractivity contribution in [1.29, 1.82) is 0 Å². The second-order valence-corrected chi connectivity index (χ2v) is 4.95. The highest BCUT2D eigenvalue weighted by molar-refractivity contribution is 5.36.